The van der Waals surface area contributed by atoms with E-state index in [0.717, 1.165) is 16.8 Å². The molecule has 0 aliphatic rings. The Morgan fingerprint density at radius 1 is 1.16 bits per heavy atom. The molecule has 0 aromatic heterocycles. The number of aryl methyl sites for hydroxylation is 1. The van der Waals surface area contributed by atoms with Gasteiger partial charge in [0.15, 0.2) is 0 Å². The maximum Gasteiger partial charge on any atom is 0.266 e. The highest BCUT2D eigenvalue weighted by Gasteiger charge is 2.21. The fraction of sp³-hybridized carbons (Fsp3) is 0.238. The Kier molecular flexibility index (Phi) is 6.36. The fourth-order valence-electron chi connectivity index (χ4n) is 2.45. The fourth-order valence-corrected chi connectivity index (χ4v) is 2.45. The second-order valence-corrected chi connectivity index (χ2v) is 6.14. The van der Waals surface area contributed by atoms with Crippen LogP contribution in [0.15, 0.2) is 66.4 Å². The van der Waals surface area contributed by atoms with E-state index in [0.29, 0.717) is 6.54 Å². The van der Waals surface area contributed by atoms with Crippen LogP contribution in [0.4, 0.5) is 5.69 Å². The van der Waals surface area contributed by atoms with Gasteiger partial charge in [-0.2, -0.15) is 5.26 Å². The van der Waals surface area contributed by atoms with Gasteiger partial charge in [-0.3, -0.25) is 4.79 Å². The van der Waals surface area contributed by atoms with E-state index in [4.69, 9.17) is 0 Å². The Hall–Kier alpha value is -3.06. The highest BCUT2D eigenvalue weighted by atomic mass is 16.2. The zero-order chi connectivity index (χ0) is 18.2. The molecule has 0 atom stereocenters. The number of benzene rings is 2. The third-order valence-electron chi connectivity index (χ3n) is 3.95. The molecule has 0 fully saturated rings. The number of nitrogens with zero attached hydrogens (tertiary/aromatic N) is 2. The van der Waals surface area contributed by atoms with Gasteiger partial charge in [-0.1, -0.05) is 48.5 Å². The highest BCUT2D eigenvalue weighted by Crippen LogP contribution is 2.15. The summed E-state index contributed by atoms with van der Waals surface area (Å²) in [6, 6.07) is 19.5. The second-order valence-electron chi connectivity index (χ2n) is 6.14. The summed E-state index contributed by atoms with van der Waals surface area (Å²) in [5, 5.41) is 12.5. The van der Waals surface area contributed by atoms with E-state index in [1.54, 1.807) is 4.90 Å². The summed E-state index contributed by atoms with van der Waals surface area (Å²) < 4.78 is 0. The average molecular weight is 333 g/mol. The molecule has 2 aromatic carbocycles. The van der Waals surface area contributed by atoms with Gasteiger partial charge in [0, 0.05) is 24.5 Å². The molecule has 0 aliphatic heterocycles. The molecule has 2 aromatic rings. The number of nitrogens with one attached hydrogen (secondary N) is 1. The molecule has 0 aliphatic carbocycles. The quantitative estimate of drug-likeness (QED) is 0.635. The summed E-state index contributed by atoms with van der Waals surface area (Å²) in [6.45, 7) is 6.34. The first kappa shape index (κ1) is 18.3. The van der Waals surface area contributed by atoms with Crippen molar-refractivity contribution < 1.29 is 4.79 Å². The minimum absolute atomic E-state index is 0.0112. The standard InChI is InChI=1S/C21H23N3O/c1-16(2)24(15-18-10-5-4-6-11-18)21(25)19(13-22)14-23-20-12-8-7-9-17(20)3/h4-12,14,16,23H,15H2,1-3H3/b19-14-. The van der Waals surface area contributed by atoms with Crippen LogP contribution in [0.1, 0.15) is 25.0 Å². The normalized spacial score (nSPS) is 11.1. The van der Waals surface area contributed by atoms with Gasteiger partial charge in [0.25, 0.3) is 5.91 Å². The van der Waals surface area contributed by atoms with Crippen molar-refractivity contribution in [2.75, 3.05) is 5.32 Å². The lowest BCUT2D eigenvalue weighted by Gasteiger charge is -2.26. The topological polar surface area (TPSA) is 56.1 Å². The number of carbonyl (C=O) groups is 1. The Balaban J connectivity index is 2.19. The minimum Gasteiger partial charge on any atom is -0.360 e. The molecule has 0 saturated carbocycles. The van der Waals surface area contributed by atoms with Crippen molar-refractivity contribution in [1.82, 2.24) is 4.90 Å². The second kappa shape index (κ2) is 8.70. The van der Waals surface area contributed by atoms with Crippen molar-refractivity contribution in [3.8, 4) is 6.07 Å². The summed E-state index contributed by atoms with van der Waals surface area (Å²) in [5.74, 6) is -0.276. The van der Waals surface area contributed by atoms with E-state index in [9.17, 15) is 10.1 Å². The van der Waals surface area contributed by atoms with Crippen molar-refractivity contribution >= 4 is 11.6 Å². The van der Waals surface area contributed by atoms with Crippen LogP contribution in [0.5, 0.6) is 0 Å². The van der Waals surface area contributed by atoms with Gasteiger partial charge in [-0.15, -0.1) is 0 Å². The summed E-state index contributed by atoms with van der Waals surface area (Å²) in [7, 11) is 0. The minimum atomic E-state index is -0.276. The van der Waals surface area contributed by atoms with Gasteiger partial charge < -0.3 is 10.2 Å². The number of hydrogen-bond donors (Lipinski definition) is 1. The van der Waals surface area contributed by atoms with Gasteiger partial charge in [0.1, 0.15) is 11.6 Å². The van der Waals surface area contributed by atoms with Gasteiger partial charge in [-0.05, 0) is 38.0 Å². The van der Waals surface area contributed by atoms with Gasteiger partial charge in [-0.25, -0.2) is 0 Å². The molecule has 1 N–H and O–H groups in total. The molecule has 0 heterocycles. The molecule has 1 amide bonds. The predicted octanol–water partition coefficient (Wildman–Crippen LogP) is 4.25. The maximum absolute atomic E-state index is 12.8. The number of para-hydroxylation sites is 1. The predicted molar refractivity (Wildman–Crippen MR) is 101 cm³/mol. The van der Waals surface area contributed by atoms with Gasteiger partial charge in [0.2, 0.25) is 0 Å². The van der Waals surface area contributed by atoms with E-state index >= 15 is 0 Å². The molecule has 0 radical (unpaired) electrons. The summed E-state index contributed by atoms with van der Waals surface area (Å²) in [4.78, 5) is 14.5. The zero-order valence-corrected chi connectivity index (χ0v) is 14.9. The molecule has 4 nitrogen and oxygen atoms in total. The van der Waals surface area contributed by atoms with Gasteiger partial charge in [0.05, 0.1) is 0 Å². The number of rotatable bonds is 6. The monoisotopic (exact) mass is 333 g/mol. The number of nitriles is 1. The van der Waals surface area contributed by atoms with Crippen LogP contribution in [0.2, 0.25) is 0 Å². The molecule has 25 heavy (non-hydrogen) atoms. The molecule has 0 saturated heterocycles. The van der Waals surface area contributed by atoms with E-state index in [-0.39, 0.29) is 17.5 Å². The van der Waals surface area contributed by atoms with Crippen molar-refractivity contribution in [2.45, 2.75) is 33.4 Å². The van der Waals surface area contributed by atoms with E-state index in [1.165, 1.54) is 6.20 Å². The summed E-state index contributed by atoms with van der Waals surface area (Å²) in [5.41, 5.74) is 3.05. The van der Waals surface area contributed by atoms with Crippen molar-refractivity contribution in [1.29, 1.82) is 5.26 Å². The molecule has 2 rings (SSSR count). The number of carbonyl (C=O) groups excluding carboxylic acids is 1. The lowest BCUT2D eigenvalue weighted by molar-refractivity contribution is -0.129. The lowest BCUT2D eigenvalue weighted by atomic mass is 10.1. The Labute approximate surface area is 149 Å². The van der Waals surface area contributed by atoms with Gasteiger partial charge >= 0.3 is 0 Å². The van der Waals surface area contributed by atoms with E-state index < -0.39 is 0 Å². The van der Waals surface area contributed by atoms with Crippen LogP contribution in [-0.2, 0) is 11.3 Å². The lowest BCUT2D eigenvalue weighted by Crippen LogP contribution is -2.37. The van der Waals surface area contributed by atoms with Crippen LogP contribution in [0, 0.1) is 18.3 Å². The molecule has 128 valence electrons. The van der Waals surface area contributed by atoms with E-state index in [2.05, 4.69) is 5.32 Å². The first-order valence-corrected chi connectivity index (χ1v) is 8.30. The number of anilines is 1. The summed E-state index contributed by atoms with van der Waals surface area (Å²) >= 11 is 0. The molecule has 0 bridgehead atoms. The van der Waals surface area contributed by atoms with E-state index in [1.807, 2.05) is 81.4 Å². The third-order valence-corrected chi connectivity index (χ3v) is 3.95. The SMILES string of the molecule is Cc1ccccc1N/C=C(/C#N)C(=O)N(Cc1ccccc1)C(C)C. The molecule has 0 spiro atoms. The Morgan fingerprint density at radius 3 is 2.40 bits per heavy atom. The van der Waals surface area contributed by atoms with Crippen LogP contribution in [0.25, 0.3) is 0 Å². The molecule has 4 heteroatoms. The first-order valence-electron chi connectivity index (χ1n) is 8.30. The van der Waals surface area contributed by atoms with Crippen molar-refractivity contribution in [3.05, 3.63) is 77.5 Å². The molecular weight excluding hydrogens is 310 g/mol. The van der Waals surface area contributed by atoms with Crippen LogP contribution in [0.3, 0.4) is 0 Å². The number of amides is 1. The Morgan fingerprint density at radius 2 is 1.80 bits per heavy atom. The highest BCUT2D eigenvalue weighted by molar-refractivity contribution is 5.97. The summed E-state index contributed by atoms with van der Waals surface area (Å²) in [6.07, 6.45) is 1.49. The van der Waals surface area contributed by atoms with Crippen molar-refractivity contribution in [3.63, 3.8) is 0 Å². The smallest absolute Gasteiger partial charge is 0.266 e. The van der Waals surface area contributed by atoms with Crippen molar-refractivity contribution in [2.24, 2.45) is 0 Å². The first-order chi connectivity index (χ1) is 12.0. The Bertz CT molecular complexity index is 788. The third kappa shape index (κ3) is 4.95. The maximum atomic E-state index is 12.8. The molecule has 0 unspecified atom stereocenters. The van der Waals surface area contributed by atoms with Crippen LogP contribution >= 0.6 is 0 Å². The number of hydrogen-bond acceptors (Lipinski definition) is 3. The largest absolute Gasteiger partial charge is 0.360 e. The van der Waals surface area contributed by atoms with Crippen LogP contribution < -0.4 is 5.32 Å². The molecular formula is C21H23N3O. The van der Waals surface area contributed by atoms with Crippen LogP contribution in [-0.4, -0.2) is 16.8 Å². The average Bonchev–Trinajstić information content (AvgIpc) is 2.62. The zero-order valence-electron chi connectivity index (χ0n) is 14.9.